The average molecular weight is 263 g/mol. The molecule has 0 bridgehead atoms. The van der Waals surface area contributed by atoms with E-state index in [0.717, 1.165) is 12.1 Å². The molecule has 0 spiro atoms. The summed E-state index contributed by atoms with van der Waals surface area (Å²) in [7, 11) is 0. The molecule has 0 aromatic heterocycles. The van der Waals surface area contributed by atoms with E-state index >= 15 is 0 Å². The van der Waals surface area contributed by atoms with Crippen molar-refractivity contribution in [1.29, 1.82) is 0 Å². The standard InChI is InChI=1S/C16H25NO2/c1-13-5-7-14(8-6-13)17-11-9-15(18)19-12-10-16(2,3)4/h5-8,17H,9-12H2,1-4H3. The molecule has 19 heavy (non-hydrogen) atoms. The summed E-state index contributed by atoms with van der Waals surface area (Å²) in [5, 5.41) is 3.21. The van der Waals surface area contributed by atoms with E-state index in [0.29, 0.717) is 19.6 Å². The molecule has 1 aromatic rings. The molecule has 0 aliphatic heterocycles. The predicted octanol–water partition coefficient (Wildman–Crippen LogP) is 3.78. The number of hydrogen-bond donors (Lipinski definition) is 1. The Bertz CT molecular complexity index is 390. The van der Waals surface area contributed by atoms with E-state index in [-0.39, 0.29) is 11.4 Å². The summed E-state index contributed by atoms with van der Waals surface area (Å²) in [5.41, 5.74) is 2.47. The van der Waals surface area contributed by atoms with E-state index in [1.54, 1.807) is 0 Å². The number of benzene rings is 1. The first-order valence-corrected chi connectivity index (χ1v) is 6.83. The molecule has 0 saturated heterocycles. The highest BCUT2D eigenvalue weighted by atomic mass is 16.5. The number of carbonyl (C=O) groups is 1. The minimum Gasteiger partial charge on any atom is -0.466 e. The van der Waals surface area contributed by atoms with Crippen LogP contribution in [0.1, 0.15) is 39.2 Å². The SMILES string of the molecule is Cc1ccc(NCCC(=O)OCCC(C)(C)C)cc1. The first-order chi connectivity index (χ1) is 8.87. The maximum Gasteiger partial charge on any atom is 0.307 e. The number of anilines is 1. The molecule has 3 nitrogen and oxygen atoms in total. The lowest BCUT2D eigenvalue weighted by molar-refractivity contribution is -0.143. The monoisotopic (exact) mass is 263 g/mol. The second-order valence-corrected chi connectivity index (χ2v) is 6.07. The number of nitrogens with one attached hydrogen (secondary N) is 1. The summed E-state index contributed by atoms with van der Waals surface area (Å²) in [5.74, 6) is -0.135. The van der Waals surface area contributed by atoms with E-state index in [9.17, 15) is 4.79 Å². The van der Waals surface area contributed by atoms with Crippen molar-refractivity contribution >= 4 is 11.7 Å². The highest BCUT2D eigenvalue weighted by molar-refractivity contribution is 5.70. The third-order valence-electron chi connectivity index (χ3n) is 2.82. The van der Waals surface area contributed by atoms with Gasteiger partial charge in [0.25, 0.3) is 0 Å². The van der Waals surface area contributed by atoms with Gasteiger partial charge in [-0.05, 0) is 30.9 Å². The Balaban J connectivity index is 2.15. The molecule has 0 aliphatic rings. The van der Waals surface area contributed by atoms with Gasteiger partial charge in [-0.3, -0.25) is 4.79 Å². The first-order valence-electron chi connectivity index (χ1n) is 6.83. The first kappa shape index (κ1) is 15.5. The third-order valence-corrected chi connectivity index (χ3v) is 2.82. The Hall–Kier alpha value is -1.51. The highest BCUT2D eigenvalue weighted by Gasteiger charge is 2.11. The lowest BCUT2D eigenvalue weighted by atomic mass is 9.93. The van der Waals surface area contributed by atoms with Gasteiger partial charge in [0.1, 0.15) is 0 Å². The Morgan fingerprint density at radius 1 is 1.21 bits per heavy atom. The van der Waals surface area contributed by atoms with Crippen LogP contribution in [0.25, 0.3) is 0 Å². The van der Waals surface area contributed by atoms with Crippen LogP contribution in [0.15, 0.2) is 24.3 Å². The van der Waals surface area contributed by atoms with Crippen molar-refractivity contribution < 1.29 is 9.53 Å². The Kier molecular flexibility index (Phi) is 5.87. The molecule has 0 aliphatic carbocycles. The van der Waals surface area contributed by atoms with Gasteiger partial charge in [0.15, 0.2) is 0 Å². The van der Waals surface area contributed by atoms with Gasteiger partial charge in [-0.2, -0.15) is 0 Å². The fourth-order valence-electron chi connectivity index (χ4n) is 1.52. The van der Waals surface area contributed by atoms with Gasteiger partial charge in [-0.15, -0.1) is 0 Å². The van der Waals surface area contributed by atoms with Crippen molar-refractivity contribution in [1.82, 2.24) is 0 Å². The number of esters is 1. The molecule has 0 unspecified atom stereocenters. The number of aryl methyl sites for hydroxylation is 1. The van der Waals surface area contributed by atoms with E-state index in [4.69, 9.17) is 4.74 Å². The Morgan fingerprint density at radius 3 is 2.42 bits per heavy atom. The number of hydrogen-bond acceptors (Lipinski definition) is 3. The molecule has 0 radical (unpaired) electrons. The topological polar surface area (TPSA) is 38.3 Å². The average Bonchev–Trinajstić information content (AvgIpc) is 2.30. The van der Waals surface area contributed by atoms with Gasteiger partial charge in [0, 0.05) is 12.2 Å². The molecule has 1 N–H and O–H groups in total. The second-order valence-electron chi connectivity index (χ2n) is 6.07. The van der Waals surface area contributed by atoms with E-state index < -0.39 is 0 Å². The number of ether oxygens (including phenoxy) is 1. The molecule has 1 rings (SSSR count). The maximum atomic E-state index is 11.5. The van der Waals surface area contributed by atoms with Crippen molar-refractivity contribution in [2.24, 2.45) is 5.41 Å². The van der Waals surface area contributed by atoms with Crippen LogP contribution in [0.5, 0.6) is 0 Å². The van der Waals surface area contributed by atoms with Crippen molar-refractivity contribution in [2.45, 2.75) is 40.5 Å². The summed E-state index contributed by atoms with van der Waals surface area (Å²) in [4.78, 5) is 11.5. The lowest BCUT2D eigenvalue weighted by Gasteiger charge is -2.17. The molecule has 0 heterocycles. The van der Waals surface area contributed by atoms with Crippen molar-refractivity contribution in [3.05, 3.63) is 29.8 Å². The van der Waals surface area contributed by atoms with E-state index in [2.05, 4.69) is 33.0 Å². The predicted molar refractivity (Wildman–Crippen MR) is 79.3 cm³/mol. The van der Waals surface area contributed by atoms with E-state index in [1.807, 2.05) is 24.3 Å². The van der Waals surface area contributed by atoms with Gasteiger partial charge in [0.05, 0.1) is 13.0 Å². The lowest BCUT2D eigenvalue weighted by Crippen LogP contribution is -2.15. The van der Waals surface area contributed by atoms with Crippen LogP contribution >= 0.6 is 0 Å². The number of carbonyl (C=O) groups excluding carboxylic acids is 1. The van der Waals surface area contributed by atoms with Gasteiger partial charge in [-0.1, -0.05) is 38.5 Å². The number of rotatable bonds is 6. The molecule has 1 aromatic carbocycles. The Labute approximate surface area is 116 Å². The van der Waals surface area contributed by atoms with Crippen LogP contribution in [0, 0.1) is 12.3 Å². The van der Waals surface area contributed by atoms with Crippen LogP contribution in [-0.4, -0.2) is 19.1 Å². The quantitative estimate of drug-likeness (QED) is 0.794. The highest BCUT2D eigenvalue weighted by Crippen LogP contribution is 2.18. The summed E-state index contributed by atoms with van der Waals surface area (Å²) in [6, 6.07) is 8.12. The summed E-state index contributed by atoms with van der Waals surface area (Å²) in [6.07, 6.45) is 1.29. The van der Waals surface area contributed by atoms with Crippen LogP contribution in [0.4, 0.5) is 5.69 Å². The van der Waals surface area contributed by atoms with Crippen LogP contribution < -0.4 is 5.32 Å². The molecule has 0 fully saturated rings. The smallest absolute Gasteiger partial charge is 0.307 e. The van der Waals surface area contributed by atoms with Gasteiger partial charge < -0.3 is 10.1 Å². The zero-order valence-electron chi connectivity index (χ0n) is 12.5. The van der Waals surface area contributed by atoms with Crippen molar-refractivity contribution in [3.63, 3.8) is 0 Å². The molecule has 0 atom stereocenters. The minimum absolute atomic E-state index is 0.135. The maximum absolute atomic E-state index is 11.5. The van der Waals surface area contributed by atoms with Crippen LogP contribution in [0.2, 0.25) is 0 Å². The van der Waals surface area contributed by atoms with Crippen LogP contribution in [0.3, 0.4) is 0 Å². The molecule has 3 heteroatoms. The van der Waals surface area contributed by atoms with Crippen molar-refractivity contribution in [3.8, 4) is 0 Å². The molecule has 106 valence electrons. The molecule has 0 amide bonds. The minimum atomic E-state index is -0.135. The fraction of sp³-hybridized carbons (Fsp3) is 0.562. The summed E-state index contributed by atoms with van der Waals surface area (Å²) < 4.78 is 5.20. The van der Waals surface area contributed by atoms with Gasteiger partial charge in [-0.25, -0.2) is 0 Å². The van der Waals surface area contributed by atoms with Crippen molar-refractivity contribution in [2.75, 3.05) is 18.5 Å². The third kappa shape index (κ3) is 7.50. The van der Waals surface area contributed by atoms with Gasteiger partial charge >= 0.3 is 5.97 Å². The summed E-state index contributed by atoms with van der Waals surface area (Å²) in [6.45, 7) is 9.58. The largest absolute Gasteiger partial charge is 0.466 e. The van der Waals surface area contributed by atoms with Gasteiger partial charge in [0.2, 0.25) is 0 Å². The summed E-state index contributed by atoms with van der Waals surface area (Å²) >= 11 is 0. The normalized spacial score (nSPS) is 11.2. The Morgan fingerprint density at radius 2 is 1.84 bits per heavy atom. The molecular weight excluding hydrogens is 238 g/mol. The molecule has 0 saturated carbocycles. The van der Waals surface area contributed by atoms with Crippen LogP contribution in [-0.2, 0) is 9.53 Å². The zero-order valence-corrected chi connectivity index (χ0v) is 12.5. The fourth-order valence-corrected chi connectivity index (χ4v) is 1.52. The zero-order chi connectivity index (χ0) is 14.3. The second kappa shape index (κ2) is 7.17. The molecular formula is C16H25NO2. The van der Waals surface area contributed by atoms with E-state index in [1.165, 1.54) is 5.56 Å².